The molecular weight excluding hydrogens is 262 g/mol. The van der Waals surface area contributed by atoms with Crippen molar-refractivity contribution in [2.45, 2.75) is 45.8 Å². The van der Waals surface area contributed by atoms with Crippen molar-refractivity contribution < 1.29 is 14.8 Å². The minimum atomic E-state index is -0.972. The third-order valence-electron chi connectivity index (χ3n) is 3.08. The monoisotopic (exact) mass is 283 g/mol. The summed E-state index contributed by atoms with van der Waals surface area (Å²) in [5.41, 5.74) is -0.858. The second kappa shape index (κ2) is 6.51. The molecule has 7 heteroatoms. The van der Waals surface area contributed by atoms with Crippen LogP contribution in [0.1, 0.15) is 44.1 Å². The SMILES string of the molecule is CCCC(C)(O)CNC(=O)c1cc([N+](=O)[O-])cn1CC. The van der Waals surface area contributed by atoms with Crippen LogP contribution in [0.5, 0.6) is 0 Å². The summed E-state index contributed by atoms with van der Waals surface area (Å²) in [6.45, 7) is 5.97. The van der Waals surface area contributed by atoms with E-state index in [1.54, 1.807) is 13.8 Å². The Kier molecular flexibility index (Phi) is 5.26. The average Bonchev–Trinajstić information content (AvgIpc) is 2.80. The highest BCUT2D eigenvalue weighted by molar-refractivity contribution is 5.93. The van der Waals surface area contributed by atoms with Crippen molar-refractivity contribution in [3.05, 3.63) is 28.1 Å². The molecule has 0 fully saturated rings. The van der Waals surface area contributed by atoms with E-state index in [1.807, 2.05) is 6.92 Å². The Hall–Kier alpha value is -1.89. The summed E-state index contributed by atoms with van der Waals surface area (Å²) in [5.74, 6) is -0.420. The normalized spacial score (nSPS) is 13.8. The largest absolute Gasteiger partial charge is 0.388 e. The molecule has 1 heterocycles. The molecule has 2 N–H and O–H groups in total. The Morgan fingerprint density at radius 2 is 2.20 bits per heavy atom. The van der Waals surface area contributed by atoms with Crippen molar-refractivity contribution >= 4 is 11.6 Å². The van der Waals surface area contributed by atoms with E-state index in [0.29, 0.717) is 13.0 Å². The fraction of sp³-hybridized carbons (Fsp3) is 0.615. The van der Waals surface area contributed by atoms with E-state index < -0.39 is 16.4 Å². The molecule has 0 saturated heterocycles. The summed E-state index contributed by atoms with van der Waals surface area (Å²) in [6, 6.07) is 1.24. The number of nitrogens with zero attached hydrogens (tertiary/aromatic N) is 2. The molecule has 0 saturated carbocycles. The van der Waals surface area contributed by atoms with Gasteiger partial charge in [-0.2, -0.15) is 0 Å². The molecule has 0 aliphatic carbocycles. The van der Waals surface area contributed by atoms with E-state index in [1.165, 1.54) is 16.8 Å². The van der Waals surface area contributed by atoms with Crippen molar-refractivity contribution in [2.24, 2.45) is 0 Å². The number of carbonyl (C=O) groups is 1. The number of carbonyl (C=O) groups excluding carboxylic acids is 1. The van der Waals surface area contributed by atoms with Crippen molar-refractivity contribution in [1.82, 2.24) is 9.88 Å². The third kappa shape index (κ3) is 4.06. The van der Waals surface area contributed by atoms with Crippen molar-refractivity contribution in [1.29, 1.82) is 0 Å². The van der Waals surface area contributed by atoms with Gasteiger partial charge in [-0.05, 0) is 20.3 Å². The maximum atomic E-state index is 12.0. The average molecular weight is 283 g/mol. The van der Waals surface area contributed by atoms with Crippen LogP contribution in [0, 0.1) is 10.1 Å². The maximum Gasteiger partial charge on any atom is 0.287 e. The summed E-state index contributed by atoms with van der Waals surface area (Å²) in [5, 5.41) is 23.3. The number of amides is 1. The first-order chi connectivity index (χ1) is 9.30. The first-order valence-electron chi connectivity index (χ1n) is 6.66. The zero-order chi connectivity index (χ0) is 15.3. The summed E-state index contributed by atoms with van der Waals surface area (Å²) in [7, 11) is 0. The zero-order valence-corrected chi connectivity index (χ0v) is 12.0. The zero-order valence-electron chi connectivity index (χ0n) is 12.0. The number of nitro groups is 1. The highest BCUT2D eigenvalue weighted by Gasteiger charge is 2.23. The molecule has 0 radical (unpaired) electrons. The van der Waals surface area contributed by atoms with E-state index in [9.17, 15) is 20.0 Å². The number of hydrogen-bond acceptors (Lipinski definition) is 4. The van der Waals surface area contributed by atoms with Gasteiger partial charge in [-0.15, -0.1) is 0 Å². The molecule has 20 heavy (non-hydrogen) atoms. The van der Waals surface area contributed by atoms with E-state index in [4.69, 9.17) is 0 Å². The molecule has 0 bridgehead atoms. The van der Waals surface area contributed by atoms with Crippen LogP contribution in [-0.4, -0.2) is 32.6 Å². The second-order valence-electron chi connectivity index (χ2n) is 5.06. The van der Waals surface area contributed by atoms with Gasteiger partial charge in [0.1, 0.15) is 5.69 Å². The molecule has 0 aliphatic heterocycles. The number of hydrogen-bond donors (Lipinski definition) is 2. The van der Waals surface area contributed by atoms with Gasteiger partial charge in [0.2, 0.25) is 0 Å². The number of rotatable bonds is 7. The number of nitrogens with one attached hydrogen (secondary N) is 1. The Morgan fingerprint density at radius 3 is 2.70 bits per heavy atom. The highest BCUT2D eigenvalue weighted by Crippen LogP contribution is 2.17. The van der Waals surface area contributed by atoms with E-state index in [2.05, 4.69) is 5.32 Å². The van der Waals surface area contributed by atoms with Crippen LogP contribution >= 0.6 is 0 Å². The first-order valence-corrected chi connectivity index (χ1v) is 6.66. The summed E-state index contributed by atoms with van der Waals surface area (Å²) in [4.78, 5) is 22.2. The molecule has 112 valence electrons. The van der Waals surface area contributed by atoms with Crippen LogP contribution in [0.2, 0.25) is 0 Å². The predicted molar refractivity (Wildman–Crippen MR) is 74.6 cm³/mol. The Balaban J connectivity index is 2.79. The number of aliphatic hydroxyl groups is 1. The smallest absolute Gasteiger partial charge is 0.287 e. The summed E-state index contributed by atoms with van der Waals surface area (Å²) < 4.78 is 1.52. The standard InChI is InChI=1S/C13H21N3O4/c1-4-6-13(3,18)9-14-12(17)11-7-10(16(19)20)8-15(11)5-2/h7-8,18H,4-6,9H2,1-3H3,(H,14,17). The molecule has 1 amide bonds. The van der Waals surface area contributed by atoms with Gasteiger partial charge in [-0.3, -0.25) is 14.9 Å². The Bertz CT molecular complexity index is 494. The van der Waals surface area contributed by atoms with Gasteiger partial charge in [0.25, 0.3) is 11.6 Å². The van der Waals surface area contributed by atoms with E-state index >= 15 is 0 Å². The first kappa shape index (κ1) is 16.2. The minimum Gasteiger partial charge on any atom is -0.388 e. The van der Waals surface area contributed by atoms with E-state index in [0.717, 1.165) is 6.42 Å². The summed E-state index contributed by atoms with van der Waals surface area (Å²) in [6.07, 6.45) is 2.71. The number of aryl methyl sites for hydroxylation is 1. The molecule has 1 atom stereocenters. The van der Waals surface area contributed by atoms with E-state index in [-0.39, 0.29) is 17.9 Å². The fourth-order valence-electron chi connectivity index (χ4n) is 2.04. The molecule has 1 aromatic rings. The van der Waals surface area contributed by atoms with Gasteiger partial charge in [0.05, 0.1) is 16.7 Å². The van der Waals surface area contributed by atoms with Gasteiger partial charge in [-0.1, -0.05) is 13.3 Å². The molecular formula is C13H21N3O4. The molecule has 7 nitrogen and oxygen atoms in total. The minimum absolute atomic E-state index is 0.113. The van der Waals surface area contributed by atoms with Crippen LogP contribution < -0.4 is 5.32 Å². The Morgan fingerprint density at radius 1 is 1.55 bits per heavy atom. The van der Waals surface area contributed by atoms with Crippen LogP contribution in [0.25, 0.3) is 0 Å². The molecule has 1 unspecified atom stereocenters. The van der Waals surface area contributed by atoms with Crippen LogP contribution in [0.3, 0.4) is 0 Å². The maximum absolute atomic E-state index is 12.0. The topological polar surface area (TPSA) is 97.4 Å². The molecule has 0 spiro atoms. The lowest BCUT2D eigenvalue weighted by atomic mass is 10.0. The van der Waals surface area contributed by atoms with Crippen LogP contribution in [0.15, 0.2) is 12.3 Å². The van der Waals surface area contributed by atoms with Gasteiger partial charge in [0, 0.05) is 19.2 Å². The molecule has 0 aliphatic rings. The van der Waals surface area contributed by atoms with Crippen molar-refractivity contribution in [3.8, 4) is 0 Å². The quantitative estimate of drug-likeness (QED) is 0.588. The number of aromatic nitrogens is 1. The van der Waals surface area contributed by atoms with Crippen molar-refractivity contribution in [3.63, 3.8) is 0 Å². The molecule has 1 rings (SSSR count). The summed E-state index contributed by atoms with van der Waals surface area (Å²) >= 11 is 0. The van der Waals surface area contributed by atoms with Gasteiger partial charge in [-0.25, -0.2) is 0 Å². The lowest BCUT2D eigenvalue weighted by molar-refractivity contribution is -0.384. The lowest BCUT2D eigenvalue weighted by Crippen LogP contribution is -2.41. The molecule has 0 aromatic carbocycles. The third-order valence-corrected chi connectivity index (χ3v) is 3.08. The lowest BCUT2D eigenvalue weighted by Gasteiger charge is -2.22. The van der Waals surface area contributed by atoms with Gasteiger partial charge < -0.3 is 15.0 Å². The predicted octanol–water partition coefficient (Wildman–Crippen LogP) is 1.70. The fourth-order valence-corrected chi connectivity index (χ4v) is 2.04. The Labute approximate surface area is 117 Å². The van der Waals surface area contributed by atoms with Gasteiger partial charge in [0.15, 0.2) is 0 Å². The molecule has 1 aromatic heterocycles. The van der Waals surface area contributed by atoms with Crippen LogP contribution in [-0.2, 0) is 6.54 Å². The van der Waals surface area contributed by atoms with Crippen molar-refractivity contribution in [2.75, 3.05) is 6.54 Å². The highest BCUT2D eigenvalue weighted by atomic mass is 16.6. The van der Waals surface area contributed by atoms with Crippen LogP contribution in [0.4, 0.5) is 5.69 Å². The second-order valence-corrected chi connectivity index (χ2v) is 5.06. The van der Waals surface area contributed by atoms with Gasteiger partial charge >= 0.3 is 0 Å².